The van der Waals surface area contributed by atoms with E-state index in [4.69, 9.17) is 5.73 Å². The van der Waals surface area contributed by atoms with Crippen molar-refractivity contribution in [2.45, 2.75) is 19.8 Å². The van der Waals surface area contributed by atoms with Crippen molar-refractivity contribution < 1.29 is 13.6 Å². The van der Waals surface area contributed by atoms with Gasteiger partial charge < -0.3 is 16.0 Å². The molecule has 0 radical (unpaired) electrons. The summed E-state index contributed by atoms with van der Waals surface area (Å²) in [6.07, 6.45) is 2.20. The number of anilines is 3. The molecule has 1 atom stereocenters. The van der Waals surface area contributed by atoms with Gasteiger partial charge in [-0.3, -0.25) is 4.79 Å². The number of nitrogens with zero attached hydrogens (tertiary/aromatic N) is 1. The number of halogens is 3. The molecule has 1 fully saturated rings. The van der Waals surface area contributed by atoms with E-state index in [1.807, 2.05) is 6.07 Å². The number of carbonyl (C=O) groups excluding carboxylic acids is 1. The molecule has 26 heavy (non-hydrogen) atoms. The maximum atomic E-state index is 14.1. The van der Waals surface area contributed by atoms with Crippen molar-refractivity contribution >= 4 is 38.9 Å². The fourth-order valence-corrected chi connectivity index (χ4v) is 3.77. The van der Waals surface area contributed by atoms with Crippen molar-refractivity contribution in [3.8, 4) is 0 Å². The van der Waals surface area contributed by atoms with Gasteiger partial charge in [-0.05, 0) is 59.0 Å². The molecule has 0 bridgehead atoms. The number of nitrogen functional groups attached to an aromatic ring is 1. The van der Waals surface area contributed by atoms with Crippen molar-refractivity contribution in [2.24, 2.45) is 5.92 Å². The largest absolute Gasteiger partial charge is 0.399 e. The second-order valence-electron chi connectivity index (χ2n) is 6.67. The summed E-state index contributed by atoms with van der Waals surface area (Å²) < 4.78 is 27.5. The standard InChI is InChI=1S/C19H20BrF2N3O/c1-11-3-2-6-25(10-11)17-5-4-13(23)9-14(17)19(26)24-18-15(20)7-12(21)8-16(18)22/h4-5,7-9,11H,2-3,6,10,23H2,1H3,(H,24,26)/t11-/m0/s1. The zero-order chi connectivity index (χ0) is 18.8. The molecule has 1 amide bonds. The first-order chi connectivity index (χ1) is 12.3. The van der Waals surface area contributed by atoms with Crippen LogP contribution in [-0.2, 0) is 0 Å². The van der Waals surface area contributed by atoms with Crippen LogP contribution in [0.3, 0.4) is 0 Å². The molecule has 4 nitrogen and oxygen atoms in total. The lowest BCUT2D eigenvalue weighted by molar-refractivity contribution is 0.102. The van der Waals surface area contributed by atoms with Crippen molar-refractivity contribution in [1.29, 1.82) is 0 Å². The number of rotatable bonds is 3. The maximum Gasteiger partial charge on any atom is 0.257 e. The van der Waals surface area contributed by atoms with Crippen molar-refractivity contribution in [2.75, 3.05) is 29.0 Å². The van der Waals surface area contributed by atoms with E-state index in [0.717, 1.165) is 43.8 Å². The van der Waals surface area contributed by atoms with Gasteiger partial charge in [0.15, 0.2) is 5.82 Å². The number of hydrogen-bond acceptors (Lipinski definition) is 3. The van der Waals surface area contributed by atoms with Crippen LogP contribution in [0.25, 0.3) is 0 Å². The minimum atomic E-state index is -0.845. The van der Waals surface area contributed by atoms with Gasteiger partial charge in [-0.15, -0.1) is 0 Å². The number of benzene rings is 2. The number of carbonyl (C=O) groups is 1. The van der Waals surface area contributed by atoms with Gasteiger partial charge in [0.1, 0.15) is 5.82 Å². The molecule has 3 N–H and O–H groups in total. The highest BCUT2D eigenvalue weighted by atomic mass is 79.9. The highest BCUT2D eigenvalue weighted by molar-refractivity contribution is 9.10. The third-order valence-corrected chi connectivity index (χ3v) is 5.13. The minimum Gasteiger partial charge on any atom is -0.399 e. The third-order valence-electron chi connectivity index (χ3n) is 4.51. The van der Waals surface area contributed by atoms with Crippen LogP contribution in [0.5, 0.6) is 0 Å². The molecule has 0 aliphatic carbocycles. The molecule has 0 aromatic heterocycles. The van der Waals surface area contributed by atoms with E-state index in [1.54, 1.807) is 12.1 Å². The summed E-state index contributed by atoms with van der Waals surface area (Å²) in [5, 5.41) is 2.53. The monoisotopic (exact) mass is 423 g/mol. The molecule has 1 saturated heterocycles. The summed E-state index contributed by atoms with van der Waals surface area (Å²) in [4.78, 5) is 15.0. The van der Waals surface area contributed by atoms with Crippen LogP contribution in [0.2, 0.25) is 0 Å². The van der Waals surface area contributed by atoms with Crippen LogP contribution in [0.4, 0.5) is 25.8 Å². The topological polar surface area (TPSA) is 58.4 Å². The van der Waals surface area contributed by atoms with Crippen molar-refractivity contribution in [3.05, 3.63) is 52.0 Å². The third kappa shape index (κ3) is 3.98. The summed E-state index contributed by atoms with van der Waals surface area (Å²) in [5.74, 6) is -1.53. The first-order valence-corrected chi connectivity index (χ1v) is 9.25. The first kappa shape index (κ1) is 18.6. The number of amides is 1. The van der Waals surface area contributed by atoms with Gasteiger partial charge in [-0.2, -0.15) is 0 Å². The molecule has 2 aromatic rings. The second-order valence-corrected chi connectivity index (χ2v) is 7.52. The Morgan fingerprint density at radius 2 is 2.08 bits per heavy atom. The number of hydrogen-bond donors (Lipinski definition) is 2. The summed E-state index contributed by atoms with van der Waals surface area (Å²) in [6.45, 7) is 3.87. The van der Waals surface area contributed by atoms with E-state index in [-0.39, 0.29) is 10.2 Å². The highest BCUT2D eigenvalue weighted by Gasteiger charge is 2.23. The summed E-state index contributed by atoms with van der Waals surface area (Å²) in [5.41, 5.74) is 7.35. The molecule has 0 spiro atoms. The maximum absolute atomic E-state index is 14.1. The van der Waals surface area contributed by atoms with Gasteiger partial charge in [-0.1, -0.05) is 6.92 Å². The normalized spacial score (nSPS) is 17.2. The minimum absolute atomic E-state index is 0.100. The quantitative estimate of drug-likeness (QED) is 0.697. The summed E-state index contributed by atoms with van der Waals surface area (Å²) in [6, 6.07) is 6.98. The average molecular weight is 424 g/mol. The molecule has 7 heteroatoms. The van der Waals surface area contributed by atoms with Crippen LogP contribution < -0.4 is 16.0 Å². The first-order valence-electron chi connectivity index (χ1n) is 8.45. The van der Waals surface area contributed by atoms with E-state index in [9.17, 15) is 13.6 Å². The van der Waals surface area contributed by atoms with Crippen molar-refractivity contribution in [3.63, 3.8) is 0 Å². The highest BCUT2D eigenvalue weighted by Crippen LogP contribution is 2.31. The molecule has 0 unspecified atom stereocenters. The Bertz CT molecular complexity index is 821. The molecule has 1 heterocycles. The lowest BCUT2D eigenvalue weighted by Crippen LogP contribution is -2.35. The molecule has 1 aliphatic rings. The fraction of sp³-hybridized carbons (Fsp3) is 0.316. The Morgan fingerprint density at radius 1 is 1.31 bits per heavy atom. The Hall–Kier alpha value is -2.15. The Balaban J connectivity index is 1.93. The van der Waals surface area contributed by atoms with E-state index in [2.05, 4.69) is 33.1 Å². The lowest BCUT2D eigenvalue weighted by Gasteiger charge is -2.34. The van der Waals surface area contributed by atoms with Gasteiger partial charge in [0.25, 0.3) is 5.91 Å². The zero-order valence-electron chi connectivity index (χ0n) is 14.4. The Morgan fingerprint density at radius 3 is 2.77 bits per heavy atom. The van der Waals surface area contributed by atoms with Gasteiger partial charge in [0.05, 0.1) is 11.3 Å². The van der Waals surface area contributed by atoms with Crippen LogP contribution in [0, 0.1) is 17.6 Å². The van der Waals surface area contributed by atoms with Crippen LogP contribution >= 0.6 is 15.9 Å². The molecule has 138 valence electrons. The summed E-state index contributed by atoms with van der Waals surface area (Å²) in [7, 11) is 0. The van der Waals surface area contributed by atoms with Gasteiger partial charge >= 0.3 is 0 Å². The predicted octanol–water partition coefficient (Wildman–Crippen LogP) is 4.80. The second kappa shape index (κ2) is 7.61. The molecule has 3 rings (SSSR count). The van der Waals surface area contributed by atoms with Gasteiger partial charge in [-0.25, -0.2) is 8.78 Å². The average Bonchev–Trinajstić information content (AvgIpc) is 2.57. The molecular weight excluding hydrogens is 404 g/mol. The van der Waals surface area contributed by atoms with E-state index >= 15 is 0 Å². The van der Waals surface area contributed by atoms with Crippen LogP contribution in [0.15, 0.2) is 34.8 Å². The SMILES string of the molecule is C[C@H]1CCCN(c2ccc(N)cc2C(=O)Nc2c(F)cc(F)cc2Br)C1. The molecule has 1 aliphatic heterocycles. The van der Waals surface area contributed by atoms with Crippen LogP contribution in [-0.4, -0.2) is 19.0 Å². The van der Waals surface area contributed by atoms with E-state index in [0.29, 0.717) is 17.2 Å². The zero-order valence-corrected chi connectivity index (χ0v) is 15.9. The summed E-state index contributed by atoms with van der Waals surface area (Å²) >= 11 is 3.09. The predicted molar refractivity (Wildman–Crippen MR) is 103 cm³/mol. The Kier molecular flexibility index (Phi) is 5.46. The smallest absolute Gasteiger partial charge is 0.257 e. The number of piperidine rings is 1. The number of nitrogens with two attached hydrogens (primary N) is 1. The number of nitrogens with one attached hydrogen (secondary N) is 1. The van der Waals surface area contributed by atoms with Crippen LogP contribution in [0.1, 0.15) is 30.1 Å². The lowest BCUT2D eigenvalue weighted by atomic mass is 9.98. The fourth-order valence-electron chi connectivity index (χ4n) is 3.26. The van der Waals surface area contributed by atoms with E-state index in [1.165, 1.54) is 0 Å². The van der Waals surface area contributed by atoms with Gasteiger partial charge in [0, 0.05) is 35.0 Å². The molecule has 0 saturated carbocycles. The van der Waals surface area contributed by atoms with Crippen molar-refractivity contribution in [1.82, 2.24) is 0 Å². The van der Waals surface area contributed by atoms with Gasteiger partial charge in [0.2, 0.25) is 0 Å². The molecule has 2 aromatic carbocycles. The Labute approximate surface area is 159 Å². The molecular formula is C19H20BrF2N3O. The van der Waals surface area contributed by atoms with E-state index < -0.39 is 17.5 Å².